The van der Waals surface area contributed by atoms with Gasteiger partial charge in [0.1, 0.15) is 5.60 Å². The third kappa shape index (κ3) is 1.78. The number of hydrogen-bond donors (Lipinski definition) is 0. The van der Waals surface area contributed by atoms with Gasteiger partial charge in [0.25, 0.3) is 0 Å². The molecule has 1 heterocycles. The Bertz CT molecular complexity index is 241. The van der Waals surface area contributed by atoms with E-state index in [1.54, 1.807) is 0 Å². The topological polar surface area (TPSA) is 21.6 Å². The molecule has 72 valence electrons. The van der Waals surface area contributed by atoms with E-state index in [1.807, 2.05) is 0 Å². The van der Waals surface area contributed by atoms with Gasteiger partial charge < -0.3 is 4.84 Å². The van der Waals surface area contributed by atoms with Gasteiger partial charge in [0.05, 0.1) is 5.71 Å². The van der Waals surface area contributed by atoms with Crippen LogP contribution in [0.4, 0.5) is 0 Å². The first-order valence-electron chi connectivity index (χ1n) is 4.92. The van der Waals surface area contributed by atoms with Gasteiger partial charge in [0.2, 0.25) is 0 Å². The van der Waals surface area contributed by atoms with Crippen molar-refractivity contribution in [1.82, 2.24) is 0 Å². The van der Waals surface area contributed by atoms with Crippen LogP contribution in [0.2, 0.25) is 0 Å². The highest BCUT2D eigenvalue weighted by Gasteiger charge is 2.40. The molecule has 2 rings (SSSR count). The van der Waals surface area contributed by atoms with Crippen LogP contribution in [0.5, 0.6) is 0 Å². The van der Waals surface area contributed by atoms with E-state index in [9.17, 15) is 0 Å². The molecule has 0 bridgehead atoms. The van der Waals surface area contributed by atoms with Crippen LogP contribution < -0.4 is 0 Å². The first-order chi connectivity index (χ1) is 6.24. The zero-order chi connectivity index (χ0) is 9.31. The molecule has 0 radical (unpaired) electrons. The average Bonchev–Trinajstić information content (AvgIpc) is 2.49. The van der Waals surface area contributed by atoms with Crippen molar-refractivity contribution in [2.45, 2.75) is 50.3 Å². The lowest BCUT2D eigenvalue weighted by Crippen LogP contribution is -2.34. The summed E-state index contributed by atoms with van der Waals surface area (Å²) in [5, 5.41) is 4.06. The van der Waals surface area contributed by atoms with E-state index in [0.29, 0.717) is 0 Å². The smallest absolute Gasteiger partial charge is 0.143 e. The van der Waals surface area contributed by atoms with E-state index in [4.69, 9.17) is 4.84 Å². The quantitative estimate of drug-likeness (QED) is 0.592. The molecule has 0 N–H and O–H groups in total. The van der Waals surface area contributed by atoms with Crippen molar-refractivity contribution >= 4 is 20.2 Å². The fourth-order valence-electron chi connectivity index (χ4n) is 2.28. The molecule has 0 amide bonds. The summed E-state index contributed by atoms with van der Waals surface area (Å²) in [7, 11) is 1.30. The summed E-state index contributed by atoms with van der Waals surface area (Å²) < 4.78 is 0. The SMILES string of the molecule is C=PC1CCC2(CC1)CC(C)=NO2. The van der Waals surface area contributed by atoms with Crippen molar-refractivity contribution in [3.8, 4) is 0 Å². The zero-order valence-corrected chi connectivity index (χ0v) is 9.02. The van der Waals surface area contributed by atoms with Crippen LogP contribution in [0.15, 0.2) is 5.16 Å². The number of oxime groups is 1. The Kier molecular flexibility index (Phi) is 2.42. The summed E-state index contributed by atoms with van der Waals surface area (Å²) in [6, 6.07) is 0. The molecule has 1 spiro atoms. The molecule has 13 heavy (non-hydrogen) atoms. The number of rotatable bonds is 1. The molecule has 0 aromatic carbocycles. The maximum atomic E-state index is 5.55. The second-order valence-electron chi connectivity index (χ2n) is 4.19. The van der Waals surface area contributed by atoms with Crippen molar-refractivity contribution in [2.24, 2.45) is 5.16 Å². The zero-order valence-electron chi connectivity index (χ0n) is 8.12. The second-order valence-corrected chi connectivity index (χ2v) is 5.29. The molecule has 2 nitrogen and oxygen atoms in total. The summed E-state index contributed by atoms with van der Waals surface area (Å²) in [6.07, 6.45) is 9.84. The van der Waals surface area contributed by atoms with Crippen LogP contribution in [0, 0.1) is 0 Å². The van der Waals surface area contributed by atoms with Crippen LogP contribution >= 0.6 is 8.20 Å². The molecule has 1 fully saturated rings. The molecule has 1 aliphatic carbocycles. The van der Waals surface area contributed by atoms with E-state index in [2.05, 4.69) is 18.4 Å². The van der Waals surface area contributed by atoms with Crippen LogP contribution in [0.25, 0.3) is 0 Å². The lowest BCUT2D eigenvalue weighted by atomic mass is 9.81. The van der Waals surface area contributed by atoms with Gasteiger partial charge in [0.15, 0.2) is 0 Å². The van der Waals surface area contributed by atoms with Gasteiger partial charge >= 0.3 is 0 Å². The third-order valence-corrected chi connectivity index (χ3v) is 4.13. The van der Waals surface area contributed by atoms with E-state index in [1.165, 1.54) is 33.9 Å². The summed E-state index contributed by atoms with van der Waals surface area (Å²) in [5.74, 6) is 0. The molecule has 3 heteroatoms. The summed E-state index contributed by atoms with van der Waals surface area (Å²) in [4.78, 5) is 5.55. The Morgan fingerprint density at radius 3 is 2.69 bits per heavy atom. The summed E-state index contributed by atoms with van der Waals surface area (Å²) in [5.41, 5.74) is 2.05. The normalized spacial score (nSPS) is 39.2. The van der Waals surface area contributed by atoms with E-state index < -0.39 is 0 Å². The second kappa shape index (κ2) is 3.42. The summed E-state index contributed by atoms with van der Waals surface area (Å²) in [6.45, 7) is 2.06. The Labute approximate surface area is 81.1 Å². The first kappa shape index (κ1) is 9.21. The molecule has 1 saturated carbocycles. The predicted octanol–water partition coefficient (Wildman–Crippen LogP) is 2.84. The monoisotopic (exact) mass is 197 g/mol. The summed E-state index contributed by atoms with van der Waals surface area (Å²) >= 11 is 0. The van der Waals surface area contributed by atoms with E-state index >= 15 is 0 Å². The standard InChI is InChI=1S/C10H16NOP/c1-8-7-10(12-11-8)5-3-9(13-2)4-6-10/h9H,2-7H2,1H3. The first-order valence-corrected chi connectivity index (χ1v) is 6.06. The lowest BCUT2D eigenvalue weighted by molar-refractivity contribution is -0.0440. The van der Waals surface area contributed by atoms with E-state index in [0.717, 1.165) is 17.8 Å². The molecule has 0 aromatic heterocycles. The van der Waals surface area contributed by atoms with E-state index in [-0.39, 0.29) is 5.60 Å². The van der Waals surface area contributed by atoms with Crippen LogP contribution in [-0.4, -0.2) is 23.3 Å². The van der Waals surface area contributed by atoms with Gasteiger partial charge in [-0.05, 0) is 32.6 Å². The van der Waals surface area contributed by atoms with Crippen molar-refractivity contribution in [3.05, 3.63) is 0 Å². The van der Waals surface area contributed by atoms with Gasteiger partial charge in [0, 0.05) is 12.1 Å². The highest BCUT2D eigenvalue weighted by molar-refractivity contribution is 7.37. The fourth-order valence-corrected chi connectivity index (χ4v) is 2.91. The minimum Gasteiger partial charge on any atom is -0.389 e. The van der Waals surface area contributed by atoms with Crippen molar-refractivity contribution < 1.29 is 4.84 Å². The van der Waals surface area contributed by atoms with Crippen LogP contribution in [-0.2, 0) is 4.84 Å². The maximum Gasteiger partial charge on any atom is 0.143 e. The van der Waals surface area contributed by atoms with Crippen molar-refractivity contribution in [3.63, 3.8) is 0 Å². The van der Waals surface area contributed by atoms with Gasteiger partial charge in [-0.25, -0.2) is 0 Å². The number of hydrogen-bond acceptors (Lipinski definition) is 2. The Morgan fingerprint density at radius 2 is 2.23 bits per heavy atom. The highest BCUT2D eigenvalue weighted by Crippen LogP contribution is 2.41. The molecule has 2 aliphatic rings. The van der Waals surface area contributed by atoms with Gasteiger partial charge in [-0.2, -0.15) is 0 Å². The Hall–Kier alpha value is -0.360. The third-order valence-electron chi connectivity index (χ3n) is 3.10. The molecular weight excluding hydrogens is 181 g/mol. The van der Waals surface area contributed by atoms with Crippen molar-refractivity contribution in [2.75, 3.05) is 0 Å². The fraction of sp³-hybridized carbons (Fsp3) is 0.800. The average molecular weight is 197 g/mol. The maximum absolute atomic E-state index is 5.55. The molecule has 0 atom stereocenters. The lowest BCUT2D eigenvalue weighted by Gasteiger charge is -2.33. The highest BCUT2D eigenvalue weighted by atomic mass is 31.1. The molecule has 1 aliphatic heterocycles. The molecular formula is C10H16NOP. The molecule has 0 unspecified atom stereocenters. The van der Waals surface area contributed by atoms with Crippen LogP contribution in [0.1, 0.15) is 39.0 Å². The minimum absolute atomic E-state index is 0.0886. The Balaban J connectivity index is 1.95. The predicted molar refractivity (Wildman–Crippen MR) is 57.8 cm³/mol. The molecule has 0 saturated heterocycles. The van der Waals surface area contributed by atoms with Crippen LogP contribution in [0.3, 0.4) is 0 Å². The van der Waals surface area contributed by atoms with Crippen molar-refractivity contribution in [1.29, 1.82) is 0 Å². The van der Waals surface area contributed by atoms with Gasteiger partial charge in [-0.3, -0.25) is 0 Å². The van der Waals surface area contributed by atoms with Gasteiger partial charge in [-0.1, -0.05) is 11.5 Å². The largest absolute Gasteiger partial charge is 0.389 e. The minimum atomic E-state index is 0.0886. The van der Waals surface area contributed by atoms with Gasteiger partial charge in [-0.15, -0.1) is 8.20 Å². The molecule has 0 aromatic rings. The Morgan fingerprint density at radius 1 is 1.54 bits per heavy atom. The number of nitrogens with zero attached hydrogens (tertiary/aromatic N) is 1.